The van der Waals surface area contributed by atoms with Crippen LogP contribution in [0.5, 0.6) is 0 Å². The SMILES string of the molecule is O=C(c1cccc(Cl)c1Cl)C1CNC(C(=O)N2CCN(c3ccccc3F)CC2)C1. The van der Waals surface area contributed by atoms with Crippen LogP contribution >= 0.6 is 23.2 Å². The summed E-state index contributed by atoms with van der Waals surface area (Å²) in [5, 5.41) is 3.77. The molecule has 1 amide bonds. The molecule has 0 aromatic heterocycles. The van der Waals surface area contributed by atoms with Crippen molar-refractivity contribution in [3.8, 4) is 0 Å². The Bertz CT molecular complexity index is 963. The molecule has 2 heterocycles. The van der Waals surface area contributed by atoms with Gasteiger partial charge >= 0.3 is 0 Å². The zero-order chi connectivity index (χ0) is 21.3. The Labute approximate surface area is 184 Å². The van der Waals surface area contributed by atoms with Gasteiger partial charge in [0.15, 0.2) is 5.78 Å². The second-order valence-electron chi connectivity index (χ2n) is 7.62. The van der Waals surface area contributed by atoms with Crippen LogP contribution in [0.4, 0.5) is 10.1 Å². The summed E-state index contributed by atoms with van der Waals surface area (Å²) in [6, 6.07) is 11.3. The number of halogens is 3. The van der Waals surface area contributed by atoms with E-state index in [1.165, 1.54) is 6.07 Å². The van der Waals surface area contributed by atoms with E-state index in [-0.39, 0.29) is 28.4 Å². The molecule has 30 heavy (non-hydrogen) atoms. The summed E-state index contributed by atoms with van der Waals surface area (Å²) < 4.78 is 14.0. The predicted octanol–water partition coefficient (Wildman–Crippen LogP) is 3.64. The highest BCUT2D eigenvalue weighted by atomic mass is 35.5. The third-order valence-electron chi connectivity index (χ3n) is 5.80. The van der Waals surface area contributed by atoms with Crippen molar-refractivity contribution in [3.63, 3.8) is 0 Å². The number of ketones is 1. The molecule has 0 spiro atoms. The summed E-state index contributed by atoms with van der Waals surface area (Å²) in [7, 11) is 0. The van der Waals surface area contributed by atoms with E-state index >= 15 is 0 Å². The van der Waals surface area contributed by atoms with Gasteiger partial charge in [0.2, 0.25) is 5.91 Å². The molecule has 1 N–H and O–H groups in total. The van der Waals surface area contributed by atoms with Gasteiger partial charge < -0.3 is 15.1 Å². The minimum absolute atomic E-state index is 0.0179. The molecule has 0 bridgehead atoms. The average Bonchev–Trinajstić information content (AvgIpc) is 3.25. The minimum Gasteiger partial charge on any atom is -0.366 e. The number of hydrogen-bond donors (Lipinski definition) is 1. The predicted molar refractivity (Wildman–Crippen MR) is 116 cm³/mol. The van der Waals surface area contributed by atoms with Crippen LogP contribution in [-0.2, 0) is 4.79 Å². The van der Waals surface area contributed by atoms with Crippen molar-refractivity contribution in [1.82, 2.24) is 10.2 Å². The highest BCUT2D eigenvalue weighted by Gasteiger charge is 2.37. The van der Waals surface area contributed by atoms with Crippen molar-refractivity contribution >= 4 is 40.6 Å². The maximum absolute atomic E-state index is 14.0. The molecule has 2 aromatic carbocycles. The molecule has 0 saturated carbocycles. The van der Waals surface area contributed by atoms with Gasteiger partial charge in [-0.1, -0.05) is 41.4 Å². The summed E-state index contributed by atoms with van der Waals surface area (Å²) >= 11 is 12.2. The Hall–Kier alpha value is -2.15. The van der Waals surface area contributed by atoms with Crippen LogP contribution in [0.1, 0.15) is 16.8 Å². The number of para-hydroxylation sites is 1. The largest absolute Gasteiger partial charge is 0.366 e. The van der Waals surface area contributed by atoms with E-state index in [1.54, 1.807) is 35.2 Å². The Morgan fingerprint density at radius 3 is 2.47 bits per heavy atom. The fraction of sp³-hybridized carbons (Fsp3) is 0.364. The van der Waals surface area contributed by atoms with Gasteiger partial charge in [-0.25, -0.2) is 4.39 Å². The first kappa shape index (κ1) is 21.1. The lowest BCUT2D eigenvalue weighted by molar-refractivity contribution is -0.133. The second-order valence-corrected chi connectivity index (χ2v) is 8.41. The molecule has 0 aliphatic carbocycles. The molecule has 2 aliphatic rings. The summed E-state index contributed by atoms with van der Waals surface area (Å²) in [5.74, 6) is -0.698. The molecule has 4 rings (SSSR count). The van der Waals surface area contributed by atoms with E-state index < -0.39 is 6.04 Å². The quantitative estimate of drug-likeness (QED) is 0.723. The fourth-order valence-electron chi connectivity index (χ4n) is 4.13. The standard InChI is InChI=1S/C22H22Cl2FN3O2/c23-16-5-3-4-15(20(16)24)21(29)14-12-18(26-13-14)22(30)28-10-8-27(9-11-28)19-7-2-1-6-17(19)25/h1-7,14,18,26H,8-13H2. The topological polar surface area (TPSA) is 52.7 Å². The number of anilines is 1. The van der Waals surface area contributed by atoms with Gasteiger partial charge in [-0.3, -0.25) is 9.59 Å². The minimum atomic E-state index is -0.406. The van der Waals surface area contributed by atoms with Gasteiger partial charge in [0.05, 0.1) is 21.8 Å². The smallest absolute Gasteiger partial charge is 0.239 e. The van der Waals surface area contributed by atoms with E-state index in [2.05, 4.69) is 5.32 Å². The molecule has 2 atom stereocenters. The van der Waals surface area contributed by atoms with Crippen LogP contribution in [-0.4, -0.2) is 55.4 Å². The first-order chi connectivity index (χ1) is 14.5. The van der Waals surface area contributed by atoms with E-state index in [0.29, 0.717) is 55.4 Å². The van der Waals surface area contributed by atoms with Crippen molar-refractivity contribution in [2.45, 2.75) is 12.5 Å². The van der Waals surface area contributed by atoms with E-state index in [9.17, 15) is 14.0 Å². The molecule has 2 fully saturated rings. The number of rotatable bonds is 4. The molecule has 2 aromatic rings. The molecule has 2 aliphatic heterocycles. The van der Waals surface area contributed by atoms with Crippen molar-refractivity contribution in [2.24, 2.45) is 5.92 Å². The lowest BCUT2D eigenvalue weighted by Crippen LogP contribution is -2.53. The fourth-order valence-corrected chi connectivity index (χ4v) is 4.53. The van der Waals surface area contributed by atoms with Crippen LogP contribution in [0.3, 0.4) is 0 Å². The highest BCUT2D eigenvalue weighted by Crippen LogP contribution is 2.30. The zero-order valence-corrected chi connectivity index (χ0v) is 17.8. The number of benzene rings is 2. The van der Waals surface area contributed by atoms with Crippen LogP contribution in [0.15, 0.2) is 42.5 Å². The molecular formula is C22H22Cl2FN3O2. The number of carbonyl (C=O) groups is 2. The molecule has 8 heteroatoms. The number of hydrogen-bond acceptors (Lipinski definition) is 4. The van der Waals surface area contributed by atoms with Crippen molar-refractivity contribution < 1.29 is 14.0 Å². The number of carbonyl (C=O) groups excluding carboxylic acids is 2. The summed E-state index contributed by atoms with van der Waals surface area (Å²) in [4.78, 5) is 29.5. The van der Waals surface area contributed by atoms with Crippen molar-refractivity contribution in [3.05, 3.63) is 63.9 Å². The number of nitrogens with zero attached hydrogens (tertiary/aromatic N) is 2. The summed E-state index contributed by atoms with van der Waals surface area (Å²) in [6.07, 6.45) is 0.425. The van der Waals surface area contributed by atoms with Crippen molar-refractivity contribution in [2.75, 3.05) is 37.6 Å². The van der Waals surface area contributed by atoms with Gasteiger partial charge in [0.1, 0.15) is 5.82 Å². The number of Topliss-reactive ketones (excluding diaryl/α,β-unsaturated/α-hetero) is 1. The van der Waals surface area contributed by atoms with Crippen LogP contribution in [0.2, 0.25) is 10.0 Å². The molecule has 2 saturated heterocycles. The Balaban J connectivity index is 1.35. The van der Waals surface area contributed by atoms with E-state index in [4.69, 9.17) is 23.2 Å². The molecule has 2 unspecified atom stereocenters. The molecule has 5 nitrogen and oxygen atoms in total. The average molecular weight is 450 g/mol. The Kier molecular flexibility index (Phi) is 6.27. The highest BCUT2D eigenvalue weighted by molar-refractivity contribution is 6.44. The third kappa shape index (κ3) is 4.17. The number of amides is 1. The van der Waals surface area contributed by atoms with E-state index in [0.717, 1.165) is 0 Å². The molecule has 158 valence electrons. The Morgan fingerprint density at radius 1 is 1.00 bits per heavy atom. The second kappa shape index (κ2) is 8.92. The van der Waals surface area contributed by atoms with Gasteiger partial charge in [0, 0.05) is 44.2 Å². The lowest BCUT2D eigenvalue weighted by Gasteiger charge is -2.37. The number of piperazine rings is 1. The third-order valence-corrected chi connectivity index (χ3v) is 6.62. The van der Waals surface area contributed by atoms with Gasteiger partial charge in [-0.15, -0.1) is 0 Å². The monoisotopic (exact) mass is 449 g/mol. The van der Waals surface area contributed by atoms with Crippen molar-refractivity contribution in [1.29, 1.82) is 0 Å². The van der Waals surface area contributed by atoms with Crippen LogP contribution < -0.4 is 10.2 Å². The zero-order valence-electron chi connectivity index (χ0n) is 16.3. The first-order valence-electron chi connectivity index (χ1n) is 9.95. The molecule has 0 radical (unpaired) electrons. The van der Waals surface area contributed by atoms with Gasteiger partial charge in [-0.2, -0.15) is 0 Å². The van der Waals surface area contributed by atoms with Crippen LogP contribution in [0.25, 0.3) is 0 Å². The van der Waals surface area contributed by atoms with Gasteiger partial charge in [0.25, 0.3) is 0 Å². The van der Waals surface area contributed by atoms with E-state index in [1.807, 2.05) is 11.0 Å². The van der Waals surface area contributed by atoms with Crippen LogP contribution in [0, 0.1) is 11.7 Å². The number of nitrogens with one attached hydrogen (secondary N) is 1. The first-order valence-corrected chi connectivity index (χ1v) is 10.7. The summed E-state index contributed by atoms with van der Waals surface area (Å²) in [6.45, 7) is 2.60. The van der Waals surface area contributed by atoms with Gasteiger partial charge in [-0.05, 0) is 30.7 Å². The molecular weight excluding hydrogens is 428 g/mol. The Morgan fingerprint density at radius 2 is 1.73 bits per heavy atom. The maximum atomic E-state index is 14.0. The normalized spacial score (nSPS) is 21.7. The lowest BCUT2D eigenvalue weighted by atomic mass is 9.94. The maximum Gasteiger partial charge on any atom is 0.239 e. The summed E-state index contributed by atoms with van der Waals surface area (Å²) in [5.41, 5.74) is 0.954.